The van der Waals surface area contributed by atoms with E-state index in [0.717, 1.165) is 0 Å². The minimum Gasteiger partial charge on any atom is -0.493 e. The van der Waals surface area contributed by atoms with Crippen molar-refractivity contribution in [1.82, 2.24) is 15.3 Å². The van der Waals surface area contributed by atoms with E-state index in [4.69, 9.17) is 42.1 Å². The van der Waals surface area contributed by atoms with Gasteiger partial charge in [0.25, 0.3) is 5.91 Å². The Morgan fingerprint density at radius 1 is 1.15 bits per heavy atom. The molecular weight excluding hydrogens is 489 g/mol. The standard InChI is InChI=1S/C22H25Cl2N3O7/c1-11(18-16(24)8-15(23)9-26-18)13(3)34-22(30)12(2)27-21(29)19-20(33-10-32-14(4)28)17(31-5)6-7-25-19/h6-9,11-13H,10H2,1-5H3,(H,27,29). The van der Waals surface area contributed by atoms with Gasteiger partial charge in [-0.2, -0.15) is 0 Å². The van der Waals surface area contributed by atoms with Crippen molar-refractivity contribution in [3.8, 4) is 11.5 Å². The Morgan fingerprint density at radius 2 is 1.85 bits per heavy atom. The van der Waals surface area contributed by atoms with Crippen molar-refractivity contribution >= 4 is 41.0 Å². The molecular formula is C22H25Cl2N3O7. The number of carbonyl (C=O) groups excluding carboxylic acids is 3. The topological polar surface area (TPSA) is 126 Å². The van der Waals surface area contributed by atoms with E-state index in [9.17, 15) is 14.4 Å². The number of nitrogens with zero attached hydrogens (tertiary/aromatic N) is 2. The van der Waals surface area contributed by atoms with Crippen LogP contribution in [0.15, 0.2) is 24.5 Å². The van der Waals surface area contributed by atoms with Crippen molar-refractivity contribution in [3.05, 3.63) is 46.0 Å². The van der Waals surface area contributed by atoms with Crippen molar-refractivity contribution in [3.63, 3.8) is 0 Å². The third-order valence-electron chi connectivity index (χ3n) is 4.74. The van der Waals surface area contributed by atoms with Gasteiger partial charge in [0, 0.05) is 31.3 Å². The van der Waals surface area contributed by atoms with Crippen LogP contribution in [0.5, 0.6) is 11.5 Å². The molecule has 0 aliphatic rings. The summed E-state index contributed by atoms with van der Waals surface area (Å²) in [5, 5.41) is 3.26. The van der Waals surface area contributed by atoms with E-state index in [1.165, 1.54) is 39.4 Å². The molecule has 2 heterocycles. The average molecular weight is 514 g/mol. The van der Waals surface area contributed by atoms with E-state index in [2.05, 4.69) is 15.3 Å². The number of amides is 1. The van der Waals surface area contributed by atoms with Crippen molar-refractivity contribution in [2.45, 2.75) is 45.8 Å². The first-order valence-corrected chi connectivity index (χ1v) is 10.9. The van der Waals surface area contributed by atoms with E-state index in [-0.39, 0.29) is 23.1 Å². The molecule has 12 heteroatoms. The second kappa shape index (κ2) is 12.4. The average Bonchev–Trinajstić information content (AvgIpc) is 2.78. The van der Waals surface area contributed by atoms with Gasteiger partial charge in [0.05, 0.1) is 22.8 Å². The highest BCUT2D eigenvalue weighted by Gasteiger charge is 2.27. The number of hydrogen-bond acceptors (Lipinski definition) is 9. The number of pyridine rings is 2. The van der Waals surface area contributed by atoms with Gasteiger partial charge >= 0.3 is 11.9 Å². The molecule has 0 saturated carbocycles. The summed E-state index contributed by atoms with van der Waals surface area (Å²) in [6, 6.07) is 2.00. The second-order valence-corrected chi connectivity index (χ2v) is 8.08. The Bertz CT molecular complexity index is 1050. The Labute approximate surface area is 206 Å². The predicted octanol–water partition coefficient (Wildman–Crippen LogP) is 3.55. The highest BCUT2D eigenvalue weighted by molar-refractivity contribution is 6.34. The summed E-state index contributed by atoms with van der Waals surface area (Å²) in [5.41, 5.74) is 0.364. The summed E-state index contributed by atoms with van der Waals surface area (Å²) in [5.74, 6) is -2.15. The van der Waals surface area contributed by atoms with Crippen LogP contribution in [0.4, 0.5) is 0 Å². The van der Waals surface area contributed by atoms with Crippen LogP contribution in [0.2, 0.25) is 10.0 Å². The summed E-state index contributed by atoms with van der Waals surface area (Å²) < 4.78 is 20.8. The van der Waals surface area contributed by atoms with Gasteiger partial charge in [0.2, 0.25) is 6.79 Å². The number of nitrogens with one attached hydrogen (secondary N) is 1. The number of halogens is 2. The summed E-state index contributed by atoms with van der Waals surface area (Å²) in [7, 11) is 1.38. The first-order valence-electron chi connectivity index (χ1n) is 10.2. The molecule has 0 bridgehead atoms. The van der Waals surface area contributed by atoms with Crippen LogP contribution in [0, 0.1) is 0 Å². The van der Waals surface area contributed by atoms with Crippen molar-refractivity contribution in [2.24, 2.45) is 0 Å². The molecule has 3 atom stereocenters. The number of hydrogen-bond donors (Lipinski definition) is 1. The van der Waals surface area contributed by atoms with Gasteiger partial charge in [-0.15, -0.1) is 0 Å². The molecule has 1 amide bonds. The first-order chi connectivity index (χ1) is 16.0. The maximum atomic E-state index is 12.8. The largest absolute Gasteiger partial charge is 0.493 e. The number of rotatable bonds is 10. The Kier molecular flexibility index (Phi) is 9.88. The molecule has 0 spiro atoms. The lowest BCUT2D eigenvalue weighted by molar-refractivity contribution is -0.151. The quantitative estimate of drug-likeness (QED) is 0.374. The molecule has 0 aromatic carbocycles. The van der Waals surface area contributed by atoms with Crippen LogP contribution in [0.3, 0.4) is 0 Å². The third-order valence-corrected chi connectivity index (χ3v) is 5.25. The predicted molar refractivity (Wildman–Crippen MR) is 123 cm³/mol. The molecule has 10 nitrogen and oxygen atoms in total. The van der Waals surface area contributed by atoms with Crippen LogP contribution >= 0.6 is 23.2 Å². The normalized spacial score (nSPS) is 13.3. The van der Waals surface area contributed by atoms with Crippen LogP contribution in [0.1, 0.15) is 49.8 Å². The summed E-state index contributed by atoms with van der Waals surface area (Å²) in [4.78, 5) is 44.6. The molecule has 0 radical (unpaired) electrons. The molecule has 0 aliphatic carbocycles. The molecule has 184 valence electrons. The molecule has 0 saturated heterocycles. The fourth-order valence-corrected chi connectivity index (χ4v) is 3.31. The van der Waals surface area contributed by atoms with Crippen LogP contribution < -0.4 is 14.8 Å². The smallest absolute Gasteiger partial charge is 0.328 e. The van der Waals surface area contributed by atoms with E-state index >= 15 is 0 Å². The van der Waals surface area contributed by atoms with E-state index in [1.54, 1.807) is 19.9 Å². The fraction of sp³-hybridized carbons (Fsp3) is 0.409. The molecule has 0 fully saturated rings. The van der Waals surface area contributed by atoms with Gasteiger partial charge in [-0.3, -0.25) is 14.6 Å². The first kappa shape index (κ1) is 27.1. The van der Waals surface area contributed by atoms with E-state index in [1.807, 2.05) is 0 Å². The number of aromatic nitrogens is 2. The Morgan fingerprint density at radius 3 is 2.47 bits per heavy atom. The van der Waals surface area contributed by atoms with Gasteiger partial charge in [-0.05, 0) is 19.9 Å². The molecule has 2 rings (SSSR count). The van der Waals surface area contributed by atoms with Gasteiger partial charge in [-0.25, -0.2) is 9.78 Å². The molecule has 2 aromatic heterocycles. The number of ether oxygens (including phenoxy) is 4. The minimum atomic E-state index is -1.02. The maximum Gasteiger partial charge on any atom is 0.328 e. The van der Waals surface area contributed by atoms with Gasteiger partial charge < -0.3 is 24.3 Å². The summed E-state index contributed by atoms with van der Waals surface area (Å²) >= 11 is 12.1. The van der Waals surface area contributed by atoms with Crippen molar-refractivity contribution in [2.75, 3.05) is 13.9 Å². The Hall–Kier alpha value is -3.11. The summed E-state index contributed by atoms with van der Waals surface area (Å²) in [6.45, 7) is 5.71. The maximum absolute atomic E-state index is 12.8. The molecule has 0 aliphatic heterocycles. The molecule has 3 unspecified atom stereocenters. The van der Waals surface area contributed by atoms with Crippen LogP contribution in [-0.4, -0.2) is 53.9 Å². The molecule has 2 aromatic rings. The SMILES string of the molecule is COc1ccnc(C(=O)NC(C)C(=O)OC(C)C(C)c2ncc(Cl)cc2Cl)c1OCOC(C)=O. The van der Waals surface area contributed by atoms with Gasteiger partial charge in [0.1, 0.15) is 12.1 Å². The number of methoxy groups -OCH3 is 1. The van der Waals surface area contributed by atoms with Crippen molar-refractivity contribution in [1.29, 1.82) is 0 Å². The van der Waals surface area contributed by atoms with Crippen LogP contribution in [-0.2, 0) is 19.1 Å². The highest BCUT2D eigenvalue weighted by atomic mass is 35.5. The Balaban J connectivity index is 2.07. The van der Waals surface area contributed by atoms with E-state index in [0.29, 0.717) is 15.7 Å². The monoisotopic (exact) mass is 513 g/mol. The van der Waals surface area contributed by atoms with Crippen LogP contribution in [0.25, 0.3) is 0 Å². The van der Waals surface area contributed by atoms with E-state index < -0.39 is 36.8 Å². The fourth-order valence-electron chi connectivity index (χ4n) is 2.76. The zero-order chi connectivity index (χ0) is 25.4. The second-order valence-electron chi connectivity index (χ2n) is 7.24. The molecule has 34 heavy (non-hydrogen) atoms. The lowest BCUT2D eigenvalue weighted by atomic mass is 10.0. The highest BCUT2D eigenvalue weighted by Crippen LogP contribution is 2.30. The summed E-state index contributed by atoms with van der Waals surface area (Å²) in [6.07, 6.45) is 2.19. The van der Waals surface area contributed by atoms with Gasteiger partial charge in [0.15, 0.2) is 17.2 Å². The zero-order valence-electron chi connectivity index (χ0n) is 19.3. The lowest BCUT2D eigenvalue weighted by Gasteiger charge is -2.23. The number of carbonyl (C=O) groups is 3. The lowest BCUT2D eigenvalue weighted by Crippen LogP contribution is -2.41. The zero-order valence-corrected chi connectivity index (χ0v) is 20.8. The minimum absolute atomic E-state index is 0.0465. The molecule has 1 N–H and O–H groups in total. The van der Waals surface area contributed by atoms with Gasteiger partial charge in [-0.1, -0.05) is 30.1 Å². The number of esters is 2. The van der Waals surface area contributed by atoms with Crippen molar-refractivity contribution < 1.29 is 33.3 Å². The third kappa shape index (κ3) is 7.19.